The number of carbonyl (C=O) groups is 1. The Morgan fingerprint density at radius 1 is 1.08 bits per heavy atom. The Bertz CT molecular complexity index is 968. The third kappa shape index (κ3) is 2.38. The maximum Gasteiger partial charge on any atom is 0.159 e. The zero-order valence-electron chi connectivity index (χ0n) is 13.2. The molecule has 3 nitrogen and oxygen atoms in total. The number of Topliss-reactive ketones (excluding diaryl/α,β-unsaturated/α-hetero) is 1. The second-order valence-corrected chi connectivity index (χ2v) is 6.22. The van der Waals surface area contributed by atoms with Gasteiger partial charge in [0.15, 0.2) is 5.78 Å². The number of halogens is 1. The van der Waals surface area contributed by atoms with Crippen LogP contribution in [0.3, 0.4) is 0 Å². The van der Waals surface area contributed by atoms with Crippen molar-refractivity contribution in [3.05, 3.63) is 88.2 Å². The third-order valence-electron chi connectivity index (χ3n) is 4.28. The third-order valence-corrected chi connectivity index (χ3v) is 4.58. The summed E-state index contributed by atoms with van der Waals surface area (Å²) in [5, 5.41) is 0.716. The van der Waals surface area contributed by atoms with Crippen LogP contribution in [0.15, 0.2) is 65.8 Å². The second-order valence-electron chi connectivity index (χ2n) is 5.81. The number of para-hydroxylation sites is 1. The van der Waals surface area contributed by atoms with Gasteiger partial charge in [-0.25, -0.2) is 0 Å². The second kappa shape index (κ2) is 5.77. The van der Waals surface area contributed by atoms with Crippen LogP contribution in [0.5, 0.6) is 0 Å². The number of benzene rings is 2. The summed E-state index contributed by atoms with van der Waals surface area (Å²) >= 11 is 6.44. The topological polar surface area (TPSA) is 34.4 Å². The molecular weight excluding hydrogens is 320 g/mol. The standard InChI is InChI=1S/C20H15ClN2O/c1-13(24)14-7-9-15(10-8-14)19-18-6-3-11-23(18)20-16(12-22-19)4-2-5-17(20)21/h2-11H,12H2,1H3. The molecule has 118 valence electrons. The fraction of sp³-hybridized carbons (Fsp3) is 0.100. The smallest absolute Gasteiger partial charge is 0.159 e. The van der Waals surface area contributed by atoms with E-state index in [1.807, 2.05) is 54.7 Å². The SMILES string of the molecule is CC(=O)c1ccc(C2=NCc3cccc(Cl)c3-n3cccc32)cc1. The van der Waals surface area contributed by atoms with Gasteiger partial charge in [0.2, 0.25) is 0 Å². The summed E-state index contributed by atoms with van der Waals surface area (Å²) in [5.74, 6) is 0.0620. The average Bonchev–Trinajstić information content (AvgIpc) is 2.98. The maximum atomic E-state index is 11.5. The summed E-state index contributed by atoms with van der Waals surface area (Å²) < 4.78 is 2.09. The number of fused-ring (bicyclic) bond motifs is 3. The van der Waals surface area contributed by atoms with Crippen LogP contribution in [0.25, 0.3) is 5.69 Å². The van der Waals surface area contributed by atoms with Crippen molar-refractivity contribution >= 4 is 23.1 Å². The summed E-state index contributed by atoms with van der Waals surface area (Å²) in [6, 6.07) is 17.5. The lowest BCUT2D eigenvalue weighted by Gasteiger charge is -2.12. The normalized spacial score (nSPS) is 12.8. The molecule has 0 unspecified atom stereocenters. The highest BCUT2D eigenvalue weighted by Crippen LogP contribution is 2.30. The molecule has 0 fully saturated rings. The molecular formula is C20H15ClN2O. The van der Waals surface area contributed by atoms with Crippen molar-refractivity contribution in [1.82, 2.24) is 4.57 Å². The first-order valence-corrected chi connectivity index (χ1v) is 8.14. The van der Waals surface area contributed by atoms with Crippen LogP contribution in [0.4, 0.5) is 0 Å². The number of carbonyl (C=O) groups excluding carboxylic acids is 1. The molecule has 0 bridgehead atoms. The van der Waals surface area contributed by atoms with E-state index in [4.69, 9.17) is 16.6 Å². The summed E-state index contributed by atoms with van der Waals surface area (Å²) in [7, 11) is 0. The Balaban J connectivity index is 1.87. The van der Waals surface area contributed by atoms with Gasteiger partial charge in [-0.15, -0.1) is 0 Å². The van der Waals surface area contributed by atoms with Gasteiger partial charge in [-0.1, -0.05) is 48.0 Å². The van der Waals surface area contributed by atoms with E-state index in [0.717, 1.165) is 28.2 Å². The van der Waals surface area contributed by atoms with E-state index >= 15 is 0 Å². The molecule has 0 N–H and O–H groups in total. The molecule has 0 atom stereocenters. The average molecular weight is 335 g/mol. The van der Waals surface area contributed by atoms with Crippen LogP contribution in [-0.2, 0) is 6.54 Å². The molecule has 2 heterocycles. The molecule has 4 rings (SSSR count). The number of ketones is 1. The van der Waals surface area contributed by atoms with E-state index in [9.17, 15) is 4.79 Å². The summed E-state index contributed by atoms with van der Waals surface area (Å²) in [4.78, 5) is 16.3. The number of rotatable bonds is 2. The lowest BCUT2D eigenvalue weighted by Crippen LogP contribution is -2.09. The summed E-state index contributed by atoms with van der Waals surface area (Å²) in [5.41, 5.74) is 5.67. The molecule has 24 heavy (non-hydrogen) atoms. The summed E-state index contributed by atoms with van der Waals surface area (Å²) in [6.45, 7) is 2.14. The van der Waals surface area contributed by atoms with Gasteiger partial charge < -0.3 is 4.57 Å². The van der Waals surface area contributed by atoms with E-state index < -0.39 is 0 Å². The van der Waals surface area contributed by atoms with Gasteiger partial charge in [-0.2, -0.15) is 0 Å². The Morgan fingerprint density at radius 3 is 2.62 bits per heavy atom. The molecule has 0 radical (unpaired) electrons. The minimum atomic E-state index is 0.0620. The first kappa shape index (κ1) is 14.9. The zero-order chi connectivity index (χ0) is 16.7. The summed E-state index contributed by atoms with van der Waals surface area (Å²) in [6.07, 6.45) is 2.00. The molecule has 0 spiro atoms. The fourth-order valence-corrected chi connectivity index (χ4v) is 3.36. The van der Waals surface area contributed by atoms with E-state index in [1.54, 1.807) is 6.92 Å². The van der Waals surface area contributed by atoms with Crippen LogP contribution in [-0.4, -0.2) is 16.1 Å². The molecule has 2 aromatic carbocycles. The highest BCUT2D eigenvalue weighted by atomic mass is 35.5. The first-order chi connectivity index (χ1) is 11.6. The number of aliphatic imine (C=N–C) groups is 1. The number of aromatic nitrogens is 1. The maximum absolute atomic E-state index is 11.5. The predicted molar refractivity (Wildman–Crippen MR) is 96.6 cm³/mol. The Morgan fingerprint density at radius 2 is 1.88 bits per heavy atom. The Labute approximate surface area is 145 Å². The van der Waals surface area contributed by atoms with Crippen LogP contribution in [0.1, 0.15) is 34.1 Å². The number of nitrogens with zero attached hydrogens (tertiary/aromatic N) is 2. The largest absolute Gasteiger partial charge is 0.313 e. The van der Waals surface area contributed by atoms with Gasteiger partial charge in [0.25, 0.3) is 0 Å². The molecule has 1 aliphatic heterocycles. The minimum absolute atomic E-state index is 0.0620. The lowest BCUT2D eigenvalue weighted by atomic mass is 10.0. The highest BCUT2D eigenvalue weighted by Gasteiger charge is 2.20. The van der Waals surface area contributed by atoms with Crippen molar-refractivity contribution < 1.29 is 4.79 Å². The molecule has 0 saturated heterocycles. The quantitative estimate of drug-likeness (QED) is 0.626. The van der Waals surface area contributed by atoms with Crippen LogP contribution >= 0.6 is 11.6 Å². The van der Waals surface area contributed by atoms with Gasteiger partial charge in [-0.3, -0.25) is 9.79 Å². The van der Waals surface area contributed by atoms with E-state index in [0.29, 0.717) is 17.1 Å². The first-order valence-electron chi connectivity index (χ1n) is 7.76. The molecule has 1 aromatic heterocycles. The lowest BCUT2D eigenvalue weighted by molar-refractivity contribution is 0.101. The van der Waals surface area contributed by atoms with Gasteiger partial charge in [-0.05, 0) is 30.7 Å². The number of hydrogen-bond donors (Lipinski definition) is 0. The number of hydrogen-bond acceptors (Lipinski definition) is 2. The Hall–Kier alpha value is -2.65. The van der Waals surface area contributed by atoms with Crippen molar-refractivity contribution in [3.8, 4) is 5.69 Å². The highest BCUT2D eigenvalue weighted by molar-refractivity contribution is 6.32. The monoisotopic (exact) mass is 334 g/mol. The molecule has 0 amide bonds. The molecule has 0 saturated carbocycles. The van der Waals surface area contributed by atoms with E-state index in [-0.39, 0.29) is 5.78 Å². The van der Waals surface area contributed by atoms with E-state index in [2.05, 4.69) is 10.6 Å². The molecule has 0 aliphatic carbocycles. The van der Waals surface area contributed by atoms with Gasteiger partial charge in [0.05, 0.1) is 28.7 Å². The van der Waals surface area contributed by atoms with Crippen molar-refractivity contribution in [1.29, 1.82) is 0 Å². The van der Waals surface area contributed by atoms with Gasteiger partial charge in [0.1, 0.15) is 0 Å². The molecule has 3 aromatic rings. The van der Waals surface area contributed by atoms with Crippen molar-refractivity contribution in [2.24, 2.45) is 4.99 Å². The van der Waals surface area contributed by atoms with Crippen molar-refractivity contribution in [2.45, 2.75) is 13.5 Å². The Kier molecular flexibility index (Phi) is 3.58. The van der Waals surface area contributed by atoms with Crippen LogP contribution in [0, 0.1) is 0 Å². The minimum Gasteiger partial charge on any atom is -0.313 e. The molecule has 4 heteroatoms. The molecule has 1 aliphatic rings. The van der Waals surface area contributed by atoms with Crippen LogP contribution < -0.4 is 0 Å². The van der Waals surface area contributed by atoms with Gasteiger partial charge >= 0.3 is 0 Å². The zero-order valence-corrected chi connectivity index (χ0v) is 13.9. The van der Waals surface area contributed by atoms with Crippen molar-refractivity contribution in [3.63, 3.8) is 0 Å². The van der Waals surface area contributed by atoms with E-state index in [1.165, 1.54) is 0 Å². The van der Waals surface area contributed by atoms with Gasteiger partial charge in [0, 0.05) is 17.3 Å². The fourth-order valence-electron chi connectivity index (χ4n) is 3.07. The predicted octanol–water partition coefficient (Wildman–Crippen LogP) is 4.68. The van der Waals surface area contributed by atoms with Crippen molar-refractivity contribution in [2.75, 3.05) is 0 Å². The van der Waals surface area contributed by atoms with Crippen LogP contribution in [0.2, 0.25) is 5.02 Å².